The molecule has 160 valence electrons. The molecule has 2 unspecified atom stereocenters. The Bertz CT molecular complexity index is 917. The molecular formula is C28H32N2O. The number of aryl methyl sites for hydroxylation is 1. The van der Waals surface area contributed by atoms with Gasteiger partial charge in [0.15, 0.2) is 0 Å². The molecule has 1 saturated carbocycles. The number of carbonyl (C=O) groups excluding carboxylic acids is 1. The lowest BCUT2D eigenvalue weighted by molar-refractivity contribution is -0.123. The Morgan fingerprint density at radius 2 is 1.39 bits per heavy atom. The Morgan fingerprint density at radius 1 is 0.839 bits per heavy atom. The number of nitrogens with one attached hydrogen (secondary N) is 1. The number of hydrogen-bond donors (Lipinski definition) is 2. The van der Waals surface area contributed by atoms with Crippen LogP contribution in [0, 0.1) is 5.92 Å². The molecule has 0 radical (unpaired) electrons. The maximum absolute atomic E-state index is 13.1. The van der Waals surface area contributed by atoms with E-state index in [0.29, 0.717) is 6.04 Å². The molecule has 4 rings (SSSR count). The van der Waals surface area contributed by atoms with Gasteiger partial charge in [-0.1, -0.05) is 91.0 Å². The highest BCUT2D eigenvalue weighted by atomic mass is 16.1. The van der Waals surface area contributed by atoms with Crippen LogP contribution in [0.5, 0.6) is 0 Å². The van der Waals surface area contributed by atoms with Crippen LogP contribution in [0.3, 0.4) is 0 Å². The van der Waals surface area contributed by atoms with Crippen LogP contribution in [0.2, 0.25) is 0 Å². The topological polar surface area (TPSA) is 55.1 Å². The number of benzene rings is 3. The first kappa shape index (κ1) is 21.3. The summed E-state index contributed by atoms with van der Waals surface area (Å²) in [7, 11) is 0. The van der Waals surface area contributed by atoms with E-state index in [4.69, 9.17) is 5.73 Å². The maximum atomic E-state index is 13.1. The molecule has 3 N–H and O–H groups in total. The molecular weight excluding hydrogens is 380 g/mol. The van der Waals surface area contributed by atoms with Gasteiger partial charge >= 0.3 is 0 Å². The lowest BCUT2D eigenvalue weighted by Gasteiger charge is -2.37. The van der Waals surface area contributed by atoms with Gasteiger partial charge in [0, 0.05) is 6.04 Å². The van der Waals surface area contributed by atoms with Crippen molar-refractivity contribution in [1.82, 2.24) is 5.32 Å². The predicted molar refractivity (Wildman–Crippen MR) is 127 cm³/mol. The Labute approximate surface area is 185 Å². The summed E-state index contributed by atoms with van der Waals surface area (Å²) in [5, 5.41) is 3.74. The third-order valence-electron chi connectivity index (χ3n) is 6.81. The van der Waals surface area contributed by atoms with Gasteiger partial charge in [0.25, 0.3) is 0 Å². The standard InChI is InChI=1S/C28H32N2O/c29-27(31)28(23-14-6-2-7-15-23,24-16-8-3-9-17-24)25-18-19-26(21-25)30-20-10-13-22-11-4-1-5-12-22/h1-9,11-12,14-17,25-26,30H,10,13,18-21H2,(H2,29,31). The minimum Gasteiger partial charge on any atom is -0.369 e. The van der Waals surface area contributed by atoms with Crippen molar-refractivity contribution in [1.29, 1.82) is 0 Å². The summed E-state index contributed by atoms with van der Waals surface area (Å²) < 4.78 is 0. The van der Waals surface area contributed by atoms with Crippen LogP contribution < -0.4 is 11.1 Å². The first-order chi connectivity index (χ1) is 15.2. The summed E-state index contributed by atoms with van der Waals surface area (Å²) in [6.07, 6.45) is 5.22. The highest BCUT2D eigenvalue weighted by molar-refractivity contribution is 5.91. The van der Waals surface area contributed by atoms with Crippen LogP contribution in [0.4, 0.5) is 0 Å². The summed E-state index contributed by atoms with van der Waals surface area (Å²) in [6, 6.07) is 31.3. The van der Waals surface area contributed by atoms with E-state index < -0.39 is 5.41 Å². The third-order valence-corrected chi connectivity index (χ3v) is 6.81. The van der Waals surface area contributed by atoms with Gasteiger partial charge in [-0.05, 0) is 61.3 Å². The molecule has 2 atom stereocenters. The first-order valence-corrected chi connectivity index (χ1v) is 11.4. The molecule has 3 nitrogen and oxygen atoms in total. The van der Waals surface area contributed by atoms with Crippen molar-refractivity contribution >= 4 is 5.91 Å². The zero-order chi connectivity index (χ0) is 21.5. The minimum absolute atomic E-state index is 0.182. The van der Waals surface area contributed by atoms with Gasteiger partial charge < -0.3 is 11.1 Å². The van der Waals surface area contributed by atoms with E-state index >= 15 is 0 Å². The van der Waals surface area contributed by atoms with Crippen molar-refractivity contribution < 1.29 is 4.79 Å². The van der Waals surface area contributed by atoms with Crippen LogP contribution >= 0.6 is 0 Å². The van der Waals surface area contributed by atoms with E-state index in [9.17, 15) is 4.79 Å². The van der Waals surface area contributed by atoms with Crippen molar-refractivity contribution in [2.24, 2.45) is 11.7 Å². The molecule has 3 heteroatoms. The van der Waals surface area contributed by atoms with E-state index in [1.165, 1.54) is 5.56 Å². The minimum atomic E-state index is -0.789. The molecule has 0 saturated heterocycles. The smallest absolute Gasteiger partial charge is 0.232 e. The highest BCUT2D eigenvalue weighted by Crippen LogP contribution is 2.46. The van der Waals surface area contributed by atoms with E-state index in [1.807, 2.05) is 36.4 Å². The third kappa shape index (κ3) is 4.57. The first-order valence-electron chi connectivity index (χ1n) is 11.4. The van der Waals surface area contributed by atoms with Gasteiger partial charge in [0.05, 0.1) is 0 Å². The monoisotopic (exact) mass is 412 g/mol. The molecule has 1 fully saturated rings. The van der Waals surface area contributed by atoms with E-state index in [1.54, 1.807) is 0 Å². The van der Waals surface area contributed by atoms with Crippen molar-refractivity contribution in [2.75, 3.05) is 6.54 Å². The molecule has 31 heavy (non-hydrogen) atoms. The van der Waals surface area contributed by atoms with Crippen LogP contribution in [0.1, 0.15) is 42.4 Å². The van der Waals surface area contributed by atoms with E-state index in [2.05, 4.69) is 59.9 Å². The van der Waals surface area contributed by atoms with Gasteiger partial charge in [-0.15, -0.1) is 0 Å². The van der Waals surface area contributed by atoms with Crippen LogP contribution in [0.15, 0.2) is 91.0 Å². The summed E-state index contributed by atoms with van der Waals surface area (Å²) in [5.41, 5.74) is 8.79. The van der Waals surface area contributed by atoms with E-state index in [0.717, 1.165) is 49.8 Å². The second-order valence-corrected chi connectivity index (χ2v) is 8.65. The number of nitrogens with two attached hydrogens (primary N) is 1. The molecule has 0 spiro atoms. The number of primary amides is 1. The lowest BCUT2D eigenvalue weighted by atomic mass is 9.64. The molecule has 1 amide bonds. The maximum Gasteiger partial charge on any atom is 0.232 e. The van der Waals surface area contributed by atoms with Crippen molar-refractivity contribution in [2.45, 2.75) is 43.6 Å². The number of carbonyl (C=O) groups is 1. The van der Waals surface area contributed by atoms with Crippen molar-refractivity contribution in [3.05, 3.63) is 108 Å². The van der Waals surface area contributed by atoms with Crippen molar-refractivity contribution in [3.63, 3.8) is 0 Å². The fourth-order valence-electron chi connectivity index (χ4n) is 5.33. The molecule has 0 heterocycles. The van der Waals surface area contributed by atoms with Gasteiger partial charge in [0.1, 0.15) is 5.41 Å². The zero-order valence-electron chi connectivity index (χ0n) is 18.0. The number of rotatable bonds is 9. The fourth-order valence-corrected chi connectivity index (χ4v) is 5.33. The summed E-state index contributed by atoms with van der Waals surface area (Å²) in [4.78, 5) is 13.1. The highest BCUT2D eigenvalue weighted by Gasteiger charge is 2.49. The average Bonchev–Trinajstić information content (AvgIpc) is 3.28. The SMILES string of the molecule is NC(=O)C(c1ccccc1)(c1ccccc1)C1CCC(NCCCc2ccccc2)C1. The van der Waals surface area contributed by atoms with Crippen LogP contribution in [0.25, 0.3) is 0 Å². The fraction of sp³-hybridized carbons (Fsp3) is 0.321. The molecule has 0 aromatic heterocycles. The van der Waals surface area contributed by atoms with Gasteiger partial charge in [-0.3, -0.25) is 4.79 Å². The normalized spacial score (nSPS) is 18.7. The molecule has 3 aromatic carbocycles. The van der Waals surface area contributed by atoms with Gasteiger partial charge in [0.2, 0.25) is 5.91 Å². The number of hydrogen-bond acceptors (Lipinski definition) is 2. The summed E-state index contributed by atoms with van der Waals surface area (Å²) in [6.45, 7) is 0.993. The number of amides is 1. The molecule has 0 bridgehead atoms. The predicted octanol–water partition coefficient (Wildman–Crippen LogP) is 4.85. The van der Waals surface area contributed by atoms with Gasteiger partial charge in [-0.2, -0.15) is 0 Å². The van der Waals surface area contributed by atoms with Crippen LogP contribution in [-0.4, -0.2) is 18.5 Å². The molecule has 1 aliphatic carbocycles. The van der Waals surface area contributed by atoms with Gasteiger partial charge in [-0.25, -0.2) is 0 Å². The molecule has 1 aliphatic rings. The molecule has 0 aliphatic heterocycles. The largest absolute Gasteiger partial charge is 0.369 e. The summed E-state index contributed by atoms with van der Waals surface area (Å²) in [5.74, 6) is -0.0685. The second-order valence-electron chi connectivity index (χ2n) is 8.65. The summed E-state index contributed by atoms with van der Waals surface area (Å²) >= 11 is 0. The Morgan fingerprint density at radius 3 is 1.94 bits per heavy atom. The van der Waals surface area contributed by atoms with Crippen molar-refractivity contribution in [3.8, 4) is 0 Å². The quantitative estimate of drug-likeness (QED) is 0.494. The van der Waals surface area contributed by atoms with Crippen LogP contribution in [-0.2, 0) is 16.6 Å². The lowest BCUT2D eigenvalue weighted by Crippen LogP contribution is -2.48. The Balaban J connectivity index is 1.49. The molecule has 3 aromatic rings. The average molecular weight is 413 g/mol. The zero-order valence-corrected chi connectivity index (χ0v) is 18.0. The Kier molecular flexibility index (Phi) is 6.83. The second kappa shape index (κ2) is 9.93. The van der Waals surface area contributed by atoms with E-state index in [-0.39, 0.29) is 11.8 Å². The Hall–Kier alpha value is -2.91.